The third-order valence-corrected chi connectivity index (χ3v) is 3.79. The lowest BCUT2D eigenvalue weighted by molar-refractivity contribution is -0.119. The van der Waals surface area contributed by atoms with E-state index in [1.165, 1.54) is 0 Å². The van der Waals surface area contributed by atoms with Gasteiger partial charge in [-0.1, -0.05) is 24.3 Å². The zero-order valence-electron chi connectivity index (χ0n) is 12.4. The van der Waals surface area contributed by atoms with E-state index in [4.69, 9.17) is 4.74 Å². The third-order valence-electron chi connectivity index (χ3n) is 3.10. The number of hydrogen-bond donors (Lipinski definition) is 1. The normalized spacial score (nSPS) is 10.1. The Kier molecular flexibility index (Phi) is 5.33. The van der Waals surface area contributed by atoms with Gasteiger partial charge in [0.05, 0.1) is 5.56 Å². The molecular weight excluding hydrogens is 346 g/mol. The maximum absolute atomic E-state index is 11.9. The van der Waals surface area contributed by atoms with E-state index in [1.807, 2.05) is 32.0 Å². The molecule has 0 radical (unpaired) electrons. The molecule has 1 N–H and O–H groups in total. The van der Waals surface area contributed by atoms with Gasteiger partial charge in [-0.15, -0.1) is 0 Å². The summed E-state index contributed by atoms with van der Waals surface area (Å²) in [7, 11) is 0. The van der Waals surface area contributed by atoms with Crippen LogP contribution in [-0.2, 0) is 9.53 Å². The second kappa shape index (κ2) is 7.22. The molecule has 0 fully saturated rings. The maximum atomic E-state index is 11.9. The number of rotatable bonds is 4. The molecule has 114 valence electrons. The van der Waals surface area contributed by atoms with Gasteiger partial charge in [0.1, 0.15) is 0 Å². The van der Waals surface area contributed by atoms with Crippen LogP contribution in [0.25, 0.3) is 0 Å². The summed E-state index contributed by atoms with van der Waals surface area (Å²) in [6, 6.07) is 12.7. The number of carbonyl (C=O) groups is 2. The molecule has 0 aliphatic rings. The zero-order chi connectivity index (χ0) is 16.1. The van der Waals surface area contributed by atoms with Gasteiger partial charge in [-0.2, -0.15) is 0 Å². The molecule has 22 heavy (non-hydrogen) atoms. The average Bonchev–Trinajstić information content (AvgIpc) is 2.49. The molecule has 2 aromatic rings. The van der Waals surface area contributed by atoms with E-state index in [0.29, 0.717) is 10.0 Å². The number of ether oxygens (including phenoxy) is 1. The van der Waals surface area contributed by atoms with E-state index < -0.39 is 5.97 Å². The van der Waals surface area contributed by atoms with Gasteiger partial charge >= 0.3 is 5.97 Å². The molecule has 1 amide bonds. The first-order valence-corrected chi connectivity index (χ1v) is 7.55. The molecule has 2 aromatic carbocycles. The highest BCUT2D eigenvalue weighted by Crippen LogP contribution is 2.18. The van der Waals surface area contributed by atoms with Crippen molar-refractivity contribution in [2.24, 2.45) is 0 Å². The van der Waals surface area contributed by atoms with E-state index in [1.54, 1.807) is 24.3 Å². The van der Waals surface area contributed by atoms with Crippen LogP contribution in [0.5, 0.6) is 0 Å². The zero-order valence-corrected chi connectivity index (χ0v) is 13.9. The fourth-order valence-corrected chi connectivity index (χ4v) is 2.34. The van der Waals surface area contributed by atoms with E-state index in [2.05, 4.69) is 21.2 Å². The molecule has 2 rings (SSSR count). The Morgan fingerprint density at radius 1 is 1.14 bits per heavy atom. The summed E-state index contributed by atoms with van der Waals surface area (Å²) in [6.07, 6.45) is 0. The lowest BCUT2D eigenvalue weighted by Crippen LogP contribution is -2.21. The Morgan fingerprint density at radius 3 is 2.59 bits per heavy atom. The van der Waals surface area contributed by atoms with Gasteiger partial charge in [-0.05, 0) is 59.1 Å². The van der Waals surface area contributed by atoms with Crippen LogP contribution in [0.3, 0.4) is 0 Å². The highest BCUT2D eigenvalue weighted by atomic mass is 79.9. The van der Waals surface area contributed by atoms with Gasteiger partial charge < -0.3 is 10.1 Å². The van der Waals surface area contributed by atoms with Crippen molar-refractivity contribution >= 4 is 33.5 Å². The fraction of sp³-hybridized carbons (Fsp3) is 0.176. The van der Waals surface area contributed by atoms with Crippen molar-refractivity contribution in [1.82, 2.24) is 0 Å². The Bertz CT molecular complexity index is 713. The lowest BCUT2D eigenvalue weighted by Gasteiger charge is -2.10. The van der Waals surface area contributed by atoms with Crippen LogP contribution in [-0.4, -0.2) is 18.5 Å². The first kappa shape index (κ1) is 16.2. The molecule has 0 spiro atoms. The van der Waals surface area contributed by atoms with E-state index >= 15 is 0 Å². The van der Waals surface area contributed by atoms with Crippen LogP contribution in [0.4, 0.5) is 5.69 Å². The molecule has 0 aliphatic carbocycles. The van der Waals surface area contributed by atoms with Crippen LogP contribution in [0.15, 0.2) is 46.9 Å². The SMILES string of the molecule is Cc1ccc(C)c(NC(=O)COC(=O)c2ccccc2Br)c1. The molecule has 0 heterocycles. The van der Waals surface area contributed by atoms with Crippen molar-refractivity contribution in [3.05, 3.63) is 63.6 Å². The summed E-state index contributed by atoms with van der Waals surface area (Å²) < 4.78 is 5.67. The van der Waals surface area contributed by atoms with Crippen molar-refractivity contribution in [3.8, 4) is 0 Å². The number of esters is 1. The topological polar surface area (TPSA) is 55.4 Å². The summed E-state index contributed by atoms with van der Waals surface area (Å²) in [5.41, 5.74) is 3.12. The van der Waals surface area contributed by atoms with Gasteiger partial charge in [-0.25, -0.2) is 4.79 Å². The minimum atomic E-state index is -0.538. The molecule has 5 heteroatoms. The summed E-state index contributed by atoms with van der Waals surface area (Å²) in [5.74, 6) is -0.905. The second-order valence-corrected chi connectivity index (χ2v) is 5.78. The quantitative estimate of drug-likeness (QED) is 0.841. The van der Waals surface area contributed by atoms with Gasteiger partial charge in [0.15, 0.2) is 6.61 Å². The van der Waals surface area contributed by atoms with Crippen molar-refractivity contribution in [1.29, 1.82) is 0 Å². The van der Waals surface area contributed by atoms with E-state index in [0.717, 1.165) is 16.8 Å². The number of amides is 1. The fourth-order valence-electron chi connectivity index (χ4n) is 1.89. The Labute approximate surface area is 137 Å². The number of halogens is 1. The number of benzene rings is 2. The van der Waals surface area contributed by atoms with Crippen LogP contribution in [0, 0.1) is 13.8 Å². The maximum Gasteiger partial charge on any atom is 0.339 e. The molecule has 0 saturated heterocycles. The number of hydrogen-bond acceptors (Lipinski definition) is 3. The van der Waals surface area contributed by atoms with Crippen molar-refractivity contribution in [2.45, 2.75) is 13.8 Å². The van der Waals surface area contributed by atoms with Gasteiger partial charge in [-0.3, -0.25) is 4.79 Å². The average molecular weight is 362 g/mol. The molecule has 0 aromatic heterocycles. The van der Waals surface area contributed by atoms with Gasteiger partial charge in [0.2, 0.25) is 0 Å². The predicted octanol–water partition coefficient (Wildman–Crippen LogP) is 3.86. The van der Waals surface area contributed by atoms with Gasteiger partial charge in [0.25, 0.3) is 5.91 Å². The molecule has 0 unspecified atom stereocenters. The monoisotopic (exact) mass is 361 g/mol. The van der Waals surface area contributed by atoms with E-state index in [-0.39, 0.29) is 12.5 Å². The van der Waals surface area contributed by atoms with Crippen LogP contribution in [0.1, 0.15) is 21.5 Å². The first-order valence-electron chi connectivity index (χ1n) is 6.76. The molecule has 0 bridgehead atoms. The predicted molar refractivity (Wildman–Crippen MR) is 89.0 cm³/mol. The van der Waals surface area contributed by atoms with Crippen molar-refractivity contribution in [2.75, 3.05) is 11.9 Å². The number of nitrogens with one attached hydrogen (secondary N) is 1. The lowest BCUT2D eigenvalue weighted by atomic mass is 10.1. The number of aryl methyl sites for hydroxylation is 2. The minimum absolute atomic E-state index is 0.326. The molecule has 0 aliphatic heterocycles. The first-order chi connectivity index (χ1) is 10.5. The van der Waals surface area contributed by atoms with Crippen LogP contribution < -0.4 is 5.32 Å². The largest absolute Gasteiger partial charge is 0.452 e. The molecular formula is C17H16BrNO3. The second-order valence-electron chi connectivity index (χ2n) is 4.92. The third kappa shape index (κ3) is 4.18. The summed E-state index contributed by atoms with van der Waals surface area (Å²) >= 11 is 3.27. The van der Waals surface area contributed by atoms with E-state index in [9.17, 15) is 9.59 Å². The highest BCUT2D eigenvalue weighted by molar-refractivity contribution is 9.10. The van der Waals surface area contributed by atoms with Crippen LogP contribution in [0.2, 0.25) is 0 Å². The smallest absolute Gasteiger partial charge is 0.339 e. The summed E-state index contributed by atoms with van der Waals surface area (Å²) in [6.45, 7) is 3.53. The molecule has 4 nitrogen and oxygen atoms in total. The summed E-state index contributed by atoms with van der Waals surface area (Å²) in [5, 5.41) is 2.74. The molecule has 0 atom stereocenters. The van der Waals surface area contributed by atoms with Crippen LogP contribution >= 0.6 is 15.9 Å². The van der Waals surface area contributed by atoms with Gasteiger partial charge in [0, 0.05) is 10.2 Å². The number of anilines is 1. The minimum Gasteiger partial charge on any atom is -0.452 e. The standard InChI is InChI=1S/C17H16BrNO3/c1-11-7-8-12(2)15(9-11)19-16(20)10-22-17(21)13-5-3-4-6-14(13)18/h3-9H,10H2,1-2H3,(H,19,20). The molecule has 0 saturated carbocycles. The Balaban J connectivity index is 1.94. The Hall–Kier alpha value is -2.14. The van der Waals surface area contributed by atoms with Crippen molar-refractivity contribution < 1.29 is 14.3 Å². The Morgan fingerprint density at radius 2 is 1.86 bits per heavy atom. The number of carbonyl (C=O) groups excluding carboxylic acids is 2. The van der Waals surface area contributed by atoms with Crippen molar-refractivity contribution in [3.63, 3.8) is 0 Å². The summed E-state index contributed by atoms with van der Waals surface area (Å²) in [4.78, 5) is 23.8. The highest BCUT2D eigenvalue weighted by Gasteiger charge is 2.13.